The topological polar surface area (TPSA) is 115 Å². The molecule has 1 aromatic heterocycles. The van der Waals surface area contributed by atoms with Crippen molar-refractivity contribution in [3.63, 3.8) is 0 Å². The first-order valence-corrected chi connectivity index (χ1v) is 11.5. The maximum atomic E-state index is 12.8. The SMILES string of the molecule is CCc1ccc(N=C(SCC(=O)NCC2CCCO2)c2c(O)n(C)c(=O)n(C)c2=O)cc1. The number of aromatic hydroxyl groups is 1. The van der Waals surface area contributed by atoms with E-state index in [2.05, 4.69) is 10.3 Å². The molecule has 2 N–H and O–H groups in total. The van der Waals surface area contributed by atoms with Gasteiger partial charge in [0.05, 0.1) is 17.5 Å². The van der Waals surface area contributed by atoms with Crippen LogP contribution >= 0.6 is 11.8 Å². The third kappa shape index (κ3) is 5.49. The second-order valence-corrected chi connectivity index (χ2v) is 8.53. The lowest BCUT2D eigenvalue weighted by Crippen LogP contribution is -2.40. The van der Waals surface area contributed by atoms with Gasteiger partial charge in [0.2, 0.25) is 11.8 Å². The summed E-state index contributed by atoms with van der Waals surface area (Å²) in [6, 6.07) is 7.46. The van der Waals surface area contributed by atoms with E-state index in [9.17, 15) is 19.5 Å². The zero-order chi connectivity index (χ0) is 23.3. The van der Waals surface area contributed by atoms with Gasteiger partial charge in [0.15, 0.2) is 0 Å². The molecule has 9 nitrogen and oxygen atoms in total. The summed E-state index contributed by atoms with van der Waals surface area (Å²) in [5.41, 5.74) is 0.252. The van der Waals surface area contributed by atoms with Gasteiger partial charge in [0.1, 0.15) is 10.6 Å². The monoisotopic (exact) mass is 460 g/mol. The molecule has 0 radical (unpaired) electrons. The zero-order valence-electron chi connectivity index (χ0n) is 18.5. The van der Waals surface area contributed by atoms with E-state index in [-0.39, 0.29) is 28.4 Å². The number of amides is 1. The van der Waals surface area contributed by atoms with Crippen molar-refractivity contribution in [3.8, 4) is 5.88 Å². The number of rotatable bonds is 7. The first kappa shape index (κ1) is 23.8. The van der Waals surface area contributed by atoms with Gasteiger partial charge in [-0.2, -0.15) is 0 Å². The molecule has 0 spiro atoms. The molecule has 32 heavy (non-hydrogen) atoms. The van der Waals surface area contributed by atoms with Crippen molar-refractivity contribution >= 4 is 28.4 Å². The Morgan fingerprint density at radius 2 is 1.97 bits per heavy atom. The molecule has 3 rings (SSSR count). The summed E-state index contributed by atoms with van der Waals surface area (Å²) >= 11 is 1.03. The standard InChI is InChI=1S/C22H28N4O5S/c1-4-14-7-9-15(10-8-14)24-19(18-20(28)25(2)22(30)26(3)21(18)29)32-13-17(27)23-12-16-6-5-11-31-16/h7-10,16,28H,4-6,11-13H2,1-3H3,(H,23,27). The van der Waals surface area contributed by atoms with Gasteiger partial charge in [0, 0.05) is 27.2 Å². The van der Waals surface area contributed by atoms with Crippen molar-refractivity contribution in [2.75, 3.05) is 18.9 Å². The summed E-state index contributed by atoms with van der Waals surface area (Å²) in [5.74, 6) is -0.737. The highest BCUT2D eigenvalue weighted by Crippen LogP contribution is 2.23. The van der Waals surface area contributed by atoms with Crippen LogP contribution in [0.2, 0.25) is 0 Å². The van der Waals surface area contributed by atoms with Crippen LogP contribution in [0.1, 0.15) is 30.9 Å². The van der Waals surface area contributed by atoms with E-state index in [1.807, 2.05) is 19.1 Å². The van der Waals surface area contributed by atoms with E-state index in [1.54, 1.807) is 12.1 Å². The lowest BCUT2D eigenvalue weighted by atomic mass is 10.1. The molecule has 1 amide bonds. The maximum absolute atomic E-state index is 12.8. The molecule has 2 aromatic rings. The second-order valence-electron chi connectivity index (χ2n) is 7.57. The zero-order valence-corrected chi connectivity index (χ0v) is 19.3. The third-order valence-corrected chi connectivity index (χ3v) is 6.29. The minimum absolute atomic E-state index is 0.00989. The summed E-state index contributed by atoms with van der Waals surface area (Å²) < 4.78 is 7.39. The highest BCUT2D eigenvalue weighted by atomic mass is 32.2. The molecule has 1 atom stereocenters. The fourth-order valence-corrected chi connectivity index (χ4v) is 4.19. The van der Waals surface area contributed by atoms with Gasteiger partial charge in [-0.25, -0.2) is 9.79 Å². The van der Waals surface area contributed by atoms with Crippen molar-refractivity contribution in [3.05, 3.63) is 56.2 Å². The van der Waals surface area contributed by atoms with Gasteiger partial charge >= 0.3 is 5.69 Å². The van der Waals surface area contributed by atoms with Crippen LogP contribution in [0.5, 0.6) is 5.88 Å². The normalized spacial score (nSPS) is 16.3. The van der Waals surface area contributed by atoms with Crippen molar-refractivity contribution in [1.82, 2.24) is 14.5 Å². The Kier molecular flexibility index (Phi) is 7.92. The number of aliphatic imine (C=N–C) groups is 1. The maximum Gasteiger partial charge on any atom is 0.333 e. The van der Waals surface area contributed by atoms with Crippen LogP contribution in [-0.4, -0.2) is 50.2 Å². The van der Waals surface area contributed by atoms with Crippen LogP contribution in [0, 0.1) is 0 Å². The number of carbonyl (C=O) groups is 1. The first-order valence-electron chi connectivity index (χ1n) is 10.5. The van der Waals surface area contributed by atoms with E-state index in [1.165, 1.54) is 14.1 Å². The molecule has 1 unspecified atom stereocenters. The number of hydrogen-bond acceptors (Lipinski definition) is 7. The smallest absolute Gasteiger partial charge is 0.333 e. The Hall–Kier alpha value is -2.85. The van der Waals surface area contributed by atoms with Crippen molar-refractivity contribution in [1.29, 1.82) is 0 Å². The molecule has 172 valence electrons. The second kappa shape index (κ2) is 10.6. The molecule has 1 aromatic carbocycles. The lowest BCUT2D eigenvalue weighted by molar-refractivity contribution is -0.119. The molecule has 0 saturated carbocycles. The van der Waals surface area contributed by atoms with Crippen molar-refractivity contribution in [2.45, 2.75) is 32.3 Å². The summed E-state index contributed by atoms with van der Waals surface area (Å²) in [4.78, 5) is 41.9. The Morgan fingerprint density at radius 1 is 1.25 bits per heavy atom. The number of benzene rings is 1. The summed E-state index contributed by atoms with van der Waals surface area (Å²) in [6.07, 6.45) is 2.79. The van der Waals surface area contributed by atoms with Crippen LogP contribution < -0.4 is 16.6 Å². The average Bonchev–Trinajstić information content (AvgIpc) is 3.32. The van der Waals surface area contributed by atoms with Gasteiger partial charge in [-0.15, -0.1) is 0 Å². The van der Waals surface area contributed by atoms with Crippen molar-refractivity contribution < 1.29 is 14.6 Å². The largest absolute Gasteiger partial charge is 0.494 e. The number of aryl methyl sites for hydroxylation is 1. The number of aromatic nitrogens is 2. The van der Waals surface area contributed by atoms with E-state index in [0.29, 0.717) is 18.8 Å². The minimum atomic E-state index is -0.679. The first-order chi connectivity index (χ1) is 15.3. The summed E-state index contributed by atoms with van der Waals surface area (Å²) in [6.45, 7) is 3.18. The van der Waals surface area contributed by atoms with E-state index < -0.39 is 17.1 Å². The molecule has 2 heterocycles. The number of nitrogens with one attached hydrogen (secondary N) is 1. The summed E-state index contributed by atoms with van der Waals surface area (Å²) in [7, 11) is 2.70. The number of thioether (sulfide) groups is 1. The molecular weight excluding hydrogens is 432 g/mol. The van der Waals surface area contributed by atoms with Gasteiger partial charge in [-0.05, 0) is 37.0 Å². The van der Waals surface area contributed by atoms with Crippen LogP contribution in [0.4, 0.5) is 5.69 Å². The van der Waals surface area contributed by atoms with Crippen molar-refractivity contribution in [2.24, 2.45) is 19.1 Å². The number of carbonyl (C=O) groups excluding carboxylic acids is 1. The number of nitrogens with zero attached hydrogens (tertiary/aromatic N) is 3. The molecule has 0 aliphatic carbocycles. The molecule has 0 bridgehead atoms. The Balaban J connectivity index is 1.90. The fraction of sp³-hybridized carbons (Fsp3) is 0.455. The molecule has 1 saturated heterocycles. The predicted molar refractivity (Wildman–Crippen MR) is 125 cm³/mol. The Morgan fingerprint density at radius 3 is 2.59 bits per heavy atom. The summed E-state index contributed by atoms with van der Waals surface area (Å²) in [5, 5.41) is 13.6. The quantitative estimate of drug-likeness (QED) is 0.478. The average molecular weight is 461 g/mol. The van der Waals surface area contributed by atoms with Crippen LogP contribution in [0.25, 0.3) is 0 Å². The van der Waals surface area contributed by atoms with E-state index in [4.69, 9.17) is 4.74 Å². The fourth-order valence-electron chi connectivity index (χ4n) is 3.32. The third-order valence-electron chi connectivity index (χ3n) is 5.31. The van der Waals surface area contributed by atoms with Gasteiger partial charge < -0.3 is 15.2 Å². The van der Waals surface area contributed by atoms with Crippen LogP contribution in [0.3, 0.4) is 0 Å². The molecular formula is C22H28N4O5S. The molecule has 1 aliphatic rings. The van der Waals surface area contributed by atoms with Gasteiger partial charge in [0.25, 0.3) is 5.56 Å². The highest BCUT2D eigenvalue weighted by Gasteiger charge is 2.22. The molecule has 10 heteroatoms. The molecule has 1 aliphatic heterocycles. The molecule has 1 fully saturated rings. The highest BCUT2D eigenvalue weighted by molar-refractivity contribution is 8.15. The lowest BCUT2D eigenvalue weighted by Gasteiger charge is -2.13. The number of ether oxygens (including phenoxy) is 1. The van der Waals surface area contributed by atoms with Crippen LogP contribution in [-0.2, 0) is 30.0 Å². The van der Waals surface area contributed by atoms with Gasteiger partial charge in [-0.1, -0.05) is 30.8 Å². The van der Waals surface area contributed by atoms with E-state index >= 15 is 0 Å². The predicted octanol–water partition coefficient (Wildman–Crippen LogP) is 1.46. The van der Waals surface area contributed by atoms with Gasteiger partial charge in [-0.3, -0.25) is 18.7 Å². The van der Waals surface area contributed by atoms with E-state index in [0.717, 1.165) is 45.7 Å². The Bertz CT molecular complexity index is 1110. The Labute approximate surface area is 190 Å². The van der Waals surface area contributed by atoms with Crippen LogP contribution in [0.15, 0.2) is 38.8 Å². The number of hydrogen-bond donors (Lipinski definition) is 2. The minimum Gasteiger partial charge on any atom is -0.494 e.